The van der Waals surface area contributed by atoms with Crippen molar-refractivity contribution in [2.75, 3.05) is 6.54 Å². The molecule has 0 saturated carbocycles. The lowest BCUT2D eigenvalue weighted by Gasteiger charge is -2.40. The molecule has 0 aliphatic carbocycles. The fourth-order valence-corrected chi connectivity index (χ4v) is 2.72. The van der Waals surface area contributed by atoms with Crippen LogP contribution in [0, 0.1) is 18.3 Å². The zero-order chi connectivity index (χ0) is 15.4. The molecule has 1 saturated heterocycles. The summed E-state index contributed by atoms with van der Waals surface area (Å²) in [6.45, 7) is 4.00. The maximum atomic E-state index is 12.6. The molecule has 2 amide bonds. The minimum atomic E-state index is -0.539. The number of rotatable bonds is 4. The molecule has 2 unspecified atom stereocenters. The Hall–Kier alpha value is -2.28. The standard InChI is InChI=1S/C17H20N2O2/c1-4-10-19-15(12(2)3)16(20)18-14(17(19)21)11-13-8-6-5-7-9-13/h1,5-9,12,14-15H,10-11H2,2-3H3,(H,18,20). The van der Waals surface area contributed by atoms with E-state index in [0.29, 0.717) is 6.42 Å². The Morgan fingerprint density at radius 1 is 1.29 bits per heavy atom. The van der Waals surface area contributed by atoms with Crippen LogP contribution in [-0.2, 0) is 16.0 Å². The molecule has 0 radical (unpaired) electrons. The fourth-order valence-electron chi connectivity index (χ4n) is 2.72. The molecule has 1 aliphatic heterocycles. The van der Waals surface area contributed by atoms with Crippen molar-refractivity contribution in [2.45, 2.75) is 32.4 Å². The van der Waals surface area contributed by atoms with Crippen LogP contribution in [0.4, 0.5) is 0 Å². The van der Waals surface area contributed by atoms with Gasteiger partial charge in [-0.25, -0.2) is 0 Å². The number of carbonyl (C=O) groups excluding carboxylic acids is 2. The normalized spacial score (nSPS) is 22.1. The lowest BCUT2D eigenvalue weighted by Crippen LogP contribution is -2.65. The Balaban J connectivity index is 2.21. The maximum absolute atomic E-state index is 12.6. The van der Waals surface area contributed by atoms with Gasteiger partial charge in [-0.05, 0) is 11.5 Å². The van der Waals surface area contributed by atoms with E-state index in [1.165, 1.54) is 4.90 Å². The molecule has 110 valence electrons. The molecule has 2 atom stereocenters. The first kappa shape index (κ1) is 15.1. The van der Waals surface area contributed by atoms with Gasteiger partial charge in [0.1, 0.15) is 12.1 Å². The van der Waals surface area contributed by atoms with Gasteiger partial charge in [-0.3, -0.25) is 9.59 Å². The zero-order valence-corrected chi connectivity index (χ0v) is 12.4. The molecule has 4 heteroatoms. The predicted molar refractivity (Wildman–Crippen MR) is 81.2 cm³/mol. The second kappa shape index (κ2) is 6.45. The van der Waals surface area contributed by atoms with E-state index in [-0.39, 0.29) is 24.3 Å². The van der Waals surface area contributed by atoms with Gasteiger partial charge < -0.3 is 10.2 Å². The van der Waals surface area contributed by atoms with Gasteiger partial charge in [0.25, 0.3) is 0 Å². The van der Waals surface area contributed by atoms with Crippen LogP contribution in [0.2, 0.25) is 0 Å². The molecule has 1 N–H and O–H groups in total. The average Bonchev–Trinajstić information content (AvgIpc) is 2.45. The summed E-state index contributed by atoms with van der Waals surface area (Å²) in [5, 5.41) is 2.84. The first-order valence-electron chi connectivity index (χ1n) is 7.13. The van der Waals surface area contributed by atoms with E-state index < -0.39 is 12.1 Å². The Morgan fingerprint density at radius 3 is 2.52 bits per heavy atom. The molecule has 1 fully saturated rings. The average molecular weight is 284 g/mol. The van der Waals surface area contributed by atoms with Crippen LogP contribution in [0.1, 0.15) is 19.4 Å². The van der Waals surface area contributed by atoms with Gasteiger partial charge in [-0.15, -0.1) is 6.42 Å². The van der Waals surface area contributed by atoms with Crippen LogP contribution < -0.4 is 5.32 Å². The first-order chi connectivity index (χ1) is 10.0. The monoisotopic (exact) mass is 284 g/mol. The van der Waals surface area contributed by atoms with Gasteiger partial charge in [-0.1, -0.05) is 50.1 Å². The number of nitrogens with one attached hydrogen (secondary N) is 1. The highest BCUT2D eigenvalue weighted by molar-refractivity contribution is 5.97. The molecule has 4 nitrogen and oxygen atoms in total. The van der Waals surface area contributed by atoms with Crippen molar-refractivity contribution in [2.24, 2.45) is 5.92 Å². The maximum Gasteiger partial charge on any atom is 0.246 e. The van der Waals surface area contributed by atoms with Crippen LogP contribution in [0.5, 0.6) is 0 Å². The molecule has 0 aromatic heterocycles. The highest BCUT2D eigenvalue weighted by Crippen LogP contribution is 2.19. The van der Waals surface area contributed by atoms with Crippen molar-refractivity contribution < 1.29 is 9.59 Å². The van der Waals surface area contributed by atoms with Crippen molar-refractivity contribution >= 4 is 11.8 Å². The lowest BCUT2D eigenvalue weighted by molar-refractivity contribution is -0.150. The number of carbonyl (C=O) groups is 2. The summed E-state index contributed by atoms with van der Waals surface area (Å²) < 4.78 is 0. The zero-order valence-electron chi connectivity index (χ0n) is 12.4. The third kappa shape index (κ3) is 3.25. The van der Waals surface area contributed by atoms with E-state index in [1.807, 2.05) is 44.2 Å². The summed E-state index contributed by atoms with van der Waals surface area (Å²) in [7, 11) is 0. The van der Waals surface area contributed by atoms with E-state index in [2.05, 4.69) is 11.2 Å². The molecule has 0 bridgehead atoms. The Kier molecular flexibility index (Phi) is 4.64. The molecular weight excluding hydrogens is 264 g/mol. The second-order valence-electron chi connectivity index (χ2n) is 5.61. The number of benzene rings is 1. The van der Waals surface area contributed by atoms with Gasteiger partial charge in [-0.2, -0.15) is 0 Å². The quantitative estimate of drug-likeness (QED) is 0.845. The third-order valence-electron chi connectivity index (χ3n) is 3.68. The Bertz CT molecular complexity index is 560. The topological polar surface area (TPSA) is 49.4 Å². The minimum absolute atomic E-state index is 0.0278. The van der Waals surface area contributed by atoms with Crippen molar-refractivity contribution in [3.05, 3.63) is 35.9 Å². The second-order valence-corrected chi connectivity index (χ2v) is 5.61. The molecule has 0 spiro atoms. The predicted octanol–water partition coefficient (Wildman–Crippen LogP) is 1.21. The van der Waals surface area contributed by atoms with E-state index >= 15 is 0 Å². The third-order valence-corrected chi connectivity index (χ3v) is 3.68. The summed E-state index contributed by atoms with van der Waals surface area (Å²) in [4.78, 5) is 26.4. The summed E-state index contributed by atoms with van der Waals surface area (Å²) >= 11 is 0. The number of nitrogens with zero attached hydrogens (tertiary/aromatic N) is 1. The van der Waals surface area contributed by atoms with Crippen LogP contribution in [0.15, 0.2) is 30.3 Å². The van der Waals surface area contributed by atoms with Crippen LogP contribution in [0.3, 0.4) is 0 Å². The summed E-state index contributed by atoms with van der Waals surface area (Å²) in [5.74, 6) is 2.28. The van der Waals surface area contributed by atoms with Crippen LogP contribution in [-0.4, -0.2) is 35.3 Å². The molecule has 1 aromatic rings. The number of hydrogen-bond acceptors (Lipinski definition) is 2. The summed E-state index contributed by atoms with van der Waals surface area (Å²) in [6.07, 6.45) is 5.84. The van der Waals surface area contributed by atoms with Crippen molar-refractivity contribution in [3.8, 4) is 12.3 Å². The van der Waals surface area contributed by atoms with Gasteiger partial charge in [0, 0.05) is 6.42 Å². The van der Waals surface area contributed by atoms with Gasteiger partial charge >= 0.3 is 0 Å². The highest BCUT2D eigenvalue weighted by Gasteiger charge is 2.41. The van der Waals surface area contributed by atoms with E-state index in [0.717, 1.165) is 5.56 Å². The molecule has 21 heavy (non-hydrogen) atoms. The van der Waals surface area contributed by atoms with Crippen LogP contribution >= 0.6 is 0 Å². The first-order valence-corrected chi connectivity index (χ1v) is 7.13. The Labute approximate surface area is 125 Å². The number of amides is 2. The molecule has 1 aliphatic rings. The van der Waals surface area contributed by atoms with E-state index in [9.17, 15) is 9.59 Å². The van der Waals surface area contributed by atoms with E-state index in [4.69, 9.17) is 6.42 Å². The van der Waals surface area contributed by atoms with Gasteiger partial charge in [0.05, 0.1) is 6.54 Å². The molecule has 2 rings (SSSR count). The fraction of sp³-hybridized carbons (Fsp3) is 0.412. The largest absolute Gasteiger partial charge is 0.342 e. The van der Waals surface area contributed by atoms with Crippen molar-refractivity contribution in [1.29, 1.82) is 0 Å². The molecule has 1 aromatic carbocycles. The van der Waals surface area contributed by atoms with Crippen molar-refractivity contribution in [1.82, 2.24) is 10.2 Å². The van der Waals surface area contributed by atoms with Gasteiger partial charge in [0.2, 0.25) is 11.8 Å². The molecular formula is C17H20N2O2. The van der Waals surface area contributed by atoms with Gasteiger partial charge in [0.15, 0.2) is 0 Å². The van der Waals surface area contributed by atoms with Crippen LogP contribution in [0.25, 0.3) is 0 Å². The SMILES string of the molecule is C#CCN1C(=O)C(Cc2ccccc2)NC(=O)C1C(C)C. The summed E-state index contributed by atoms with van der Waals surface area (Å²) in [5.41, 5.74) is 1.01. The Morgan fingerprint density at radius 2 is 1.95 bits per heavy atom. The smallest absolute Gasteiger partial charge is 0.246 e. The summed E-state index contributed by atoms with van der Waals surface area (Å²) in [6, 6.07) is 8.62. The van der Waals surface area contributed by atoms with E-state index in [1.54, 1.807) is 0 Å². The van der Waals surface area contributed by atoms with Crippen molar-refractivity contribution in [3.63, 3.8) is 0 Å². The number of terminal acetylenes is 1. The number of piperazine rings is 1. The minimum Gasteiger partial charge on any atom is -0.342 e. The molecule has 1 heterocycles. The lowest BCUT2D eigenvalue weighted by atomic mass is 9.94. The number of hydrogen-bond donors (Lipinski definition) is 1. The highest BCUT2D eigenvalue weighted by atomic mass is 16.2.